The molecule has 2 N–H and O–H groups in total. The summed E-state index contributed by atoms with van der Waals surface area (Å²) < 4.78 is 18.0. The fourth-order valence-electron chi connectivity index (χ4n) is 4.25. The minimum atomic E-state index is -0.714. The molecule has 0 aromatic heterocycles. The first-order valence-electron chi connectivity index (χ1n) is 8.94. The van der Waals surface area contributed by atoms with E-state index in [0.717, 1.165) is 37.1 Å². The van der Waals surface area contributed by atoms with Crippen LogP contribution in [0.3, 0.4) is 0 Å². The van der Waals surface area contributed by atoms with Gasteiger partial charge in [-0.1, -0.05) is 0 Å². The minimum absolute atomic E-state index is 0.0151. The van der Waals surface area contributed by atoms with Crippen molar-refractivity contribution in [2.24, 2.45) is 0 Å². The van der Waals surface area contributed by atoms with Crippen LogP contribution in [0.1, 0.15) is 46.1 Å². The lowest BCUT2D eigenvalue weighted by molar-refractivity contribution is -0.115. The molecule has 1 unspecified atom stereocenters. The molecule has 0 bridgehead atoms. The van der Waals surface area contributed by atoms with Gasteiger partial charge in [-0.25, -0.2) is 4.79 Å². The number of fused-ring (bicyclic) bond motifs is 2. The summed E-state index contributed by atoms with van der Waals surface area (Å²) in [6.45, 7) is 8.63. The summed E-state index contributed by atoms with van der Waals surface area (Å²) >= 11 is 0. The highest BCUT2D eigenvalue weighted by Crippen LogP contribution is 2.43. The number of nitrogens with two attached hydrogens (primary N) is 1. The van der Waals surface area contributed by atoms with Crippen molar-refractivity contribution in [2.45, 2.75) is 70.3 Å². The molecule has 0 saturated carbocycles. The molecule has 0 radical (unpaired) electrons. The van der Waals surface area contributed by atoms with Gasteiger partial charge >= 0.3 is 6.09 Å². The summed E-state index contributed by atoms with van der Waals surface area (Å²) in [5.41, 5.74) is 7.01. The molecule has 136 valence electrons. The predicted octanol–water partition coefficient (Wildman–Crippen LogP) is 3.12. The number of rotatable bonds is 2. The fraction of sp³-hybridized carbons (Fsp3) is 0.632. The minimum Gasteiger partial charge on any atom is -0.487 e. The molecule has 1 aromatic rings. The maximum absolute atomic E-state index is 12.2. The van der Waals surface area contributed by atoms with Crippen LogP contribution in [0.5, 0.6) is 11.5 Å². The second-order valence-electron chi connectivity index (χ2n) is 8.45. The first-order chi connectivity index (χ1) is 11.7. The van der Waals surface area contributed by atoms with Gasteiger partial charge < -0.3 is 24.8 Å². The molecule has 0 spiro atoms. The van der Waals surface area contributed by atoms with Crippen LogP contribution in [0.15, 0.2) is 12.1 Å². The van der Waals surface area contributed by atoms with Gasteiger partial charge in [0, 0.05) is 24.6 Å². The third-order valence-electron chi connectivity index (χ3n) is 5.37. The van der Waals surface area contributed by atoms with E-state index in [1.165, 1.54) is 0 Å². The molecular formula is C19H26N2O4. The summed E-state index contributed by atoms with van der Waals surface area (Å²) in [6, 6.07) is 3.83. The van der Waals surface area contributed by atoms with E-state index in [-0.39, 0.29) is 23.8 Å². The highest BCUT2D eigenvalue weighted by atomic mass is 16.6. The molecule has 3 aliphatic rings. The van der Waals surface area contributed by atoms with E-state index in [0.29, 0.717) is 11.4 Å². The Labute approximate surface area is 148 Å². The van der Waals surface area contributed by atoms with Crippen LogP contribution in [0.4, 0.5) is 10.5 Å². The largest absolute Gasteiger partial charge is 0.487 e. The number of benzene rings is 1. The maximum atomic E-state index is 12.2. The van der Waals surface area contributed by atoms with E-state index in [1.54, 1.807) is 4.90 Å². The molecule has 1 aromatic carbocycles. The first-order valence-corrected chi connectivity index (χ1v) is 8.94. The van der Waals surface area contributed by atoms with E-state index in [4.69, 9.17) is 19.9 Å². The number of amides is 1. The number of hydrogen-bond acceptors (Lipinski definition) is 5. The zero-order valence-electron chi connectivity index (χ0n) is 15.3. The van der Waals surface area contributed by atoms with Gasteiger partial charge in [0.05, 0.1) is 11.7 Å². The molecule has 0 aliphatic carbocycles. The van der Waals surface area contributed by atoms with E-state index in [1.807, 2.05) is 26.0 Å². The second-order valence-corrected chi connectivity index (χ2v) is 8.45. The summed E-state index contributed by atoms with van der Waals surface area (Å²) in [7, 11) is 0. The van der Waals surface area contributed by atoms with Crippen molar-refractivity contribution in [1.82, 2.24) is 4.90 Å². The molecule has 2 saturated heterocycles. The van der Waals surface area contributed by atoms with Gasteiger partial charge in [-0.15, -0.1) is 0 Å². The highest BCUT2D eigenvalue weighted by molar-refractivity contribution is 5.70. The number of carbonyl (C=O) groups is 1. The average molecular weight is 346 g/mol. The van der Waals surface area contributed by atoms with E-state index < -0.39 is 5.60 Å². The number of ether oxygens (including phenoxy) is 3. The molecule has 6 nitrogen and oxygen atoms in total. The zero-order valence-corrected chi connectivity index (χ0v) is 15.3. The van der Waals surface area contributed by atoms with Crippen LogP contribution in [0, 0.1) is 0 Å². The van der Waals surface area contributed by atoms with Crippen LogP contribution in [0.25, 0.3) is 0 Å². The standard InChI is InChI=1S/C19H26N2O4/c1-18(2)10-11-8-12(20)15(9-14(11)24-18)23-16-13-6-5-7-21(13)17(22)25-19(16,3)4/h8-9,13,16H,5-7,10,20H2,1-4H3/t13-,16?/m1/s1. The molecule has 2 fully saturated rings. The van der Waals surface area contributed by atoms with Gasteiger partial charge in [-0.2, -0.15) is 0 Å². The molecule has 3 heterocycles. The van der Waals surface area contributed by atoms with Gasteiger partial charge in [0.1, 0.15) is 22.7 Å². The number of hydrogen-bond donors (Lipinski definition) is 1. The Hall–Kier alpha value is -2.11. The lowest BCUT2D eigenvalue weighted by Crippen LogP contribution is -2.62. The second kappa shape index (κ2) is 5.19. The van der Waals surface area contributed by atoms with Gasteiger partial charge in [-0.05, 0) is 46.6 Å². The third kappa shape index (κ3) is 2.68. The maximum Gasteiger partial charge on any atom is 0.410 e. The molecule has 3 aliphatic heterocycles. The van der Waals surface area contributed by atoms with Gasteiger partial charge in [0.15, 0.2) is 6.10 Å². The number of nitrogen functional groups attached to an aromatic ring is 1. The summed E-state index contributed by atoms with van der Waals surface area (Å²) in [4.78, 5) is 14.0. The third-order valence-corrected chi connectivity index (χ3v) is 5.37. The smallest absolute Gasteiger partial charge is 0.410 e. The average Bonchev–Trinajstić information content (AvgIpc) is 3.05. The normalized spacial score (nSPS) is 28.8. The van der Waals surface area contributed by atoms with Crippen molar-refractivity contribution in [3.05, 3.63) is 17.7 Å². The van der Waals surface area contributed by atoms with Crippen LogP contribution >= 0.6 is 0 Å². The van der Waals surface area contributed by atoms with Gasteiger partial charge in [0.2, 0.25) is 0 Å². The number of anilines is 1. The van der Waals surface area contributed by atoms with Crippen LogP contribution < -0.4 is 15.2 Å². The number of carbonyl (C=O) groups excluding carboxylic acids is 1. The van der Waals surface area contributed by atoms with E-state index >= 15 is 0 Å². The lowest BCUT2D eigenvalue weighted by atomic mass is 9.91. The van der Waals surface area contributed by atoms with Crippen molar-refractivity contribution >= 4 is 11.8 Å². The Morgan fingerprint density at radius 1 is 1.24 bits per heavy atom. The Morgan fingerprint density at radius 3 is 2.76 bits per heavy atom. The molecule has 6 heteroatoms. The Balaban J connectivity index is 1.64. The molecule has 4 rings (SSSR count). The van der Waals surface area contributed by atoms with Crippen molar-refractivity contribution in [2.75, 3.05) is 12.3 Å². The lowest BCUT2D eigenvalue weighted by Gasteiger charge is -2.45. The van der Waals surface area contributed by atoms with E-state index in [2.05, 4.69) is 13.8 Å². The SMILES string of the molecule is CC1(C)Cc2cc(N)c(OC3[C@H]4CCCN4C(=O)OC3(C)C)cc2O1. The quantitative estimate of drug-likeness (QED) is 0.833. The number of cyclic esters (lactones) is 1. The Morgan fingerprint density at radius 2 is 2.00 bits per heavy atom. The van der Waals surface area contributed by atoms with Gasteiger partial charge in [0.25, 0.3) is 0 Å². The number of nitrogens with zero attached hydrogens (tertiary/aromatic N) is 1. The molecular weight excluding hydrogens is 320 g/mol. The predicted molar refractivity (Wildman–Crippen MR) is 94.0 cm³/mol. The first kappa shape index (κ1) is 16.4. The molecule has 25 heavy (non-hydrogen) atoms. The van der Waals surface area contributed by atoms with E-state index in [9.17, 15) is 4.79 Å². The zero-order chi connectivity index (χ0) is 18.0. The Bertz CT molecular complexity index is 728. The molecule has 1 amide bonds. The topological polar surface area (TPSA) is 74.0 Å². The molecule has 2 atom stereocenters. The van der Waals surface area contributed by atoms with Crippen LogP contribution in [0.2, 0.25) is 0 Å². The van der Waals surface area contributed by atoms with Crippen molar-refractivity contribution < 1.29 is 19.0 Å². The summed E-state index contributed by atoms with van der Waals surface area (Å²) in [5.74, 6) is 1.42. The fourth-order valence-corrected chi connectivity index (χ4v) is 4.25. The van der Waals surface area contributed by atoms with Crippen molar-refractivity contribution in [1.29, 1.82) is 0 Å². The van der Waals surface area contributed by atoms with Crippen molar-refractivity contribution in [3.63, 3.8) is 0 Å². The van der Waals surface area contributed by atoms with Gasteiger partial charge in [-0.3, -0.25) is 0 Å². The summed E-state index contributed by atoms with van der Waals surface area (Å²) in [6.07, 6.45) is 2.18. The highest BCUT2D eigenvalue weighted by Gasteiger charge is 2.52. The monoisotopic (exact) mass is 346 g/mol. The van der Waals surface area contributed by atoms with Crippen molar-refractivity contribution in [3.8, 4) is 11.5 Å². The van der Waals surface area contributed by atoms with Crippen LogP contribution in [-0.2, 0) is 11.2 Å². The summed E-state index contributed by atoms with van der Waals surface area (Å²) in [5, 5.41) is 0. The van der Waals surface area contributed by atoms with Crippen LogP contribution in [-0.4, -0.2) is 40.9 Å². The Kier molecular flexibility index (Phi) is 3.40.